The molecule has 3 saturated heterocycles. The molecular formula is C19H20N4O11. The first-order valence-electron chi connectivity index (χ1n) is 10.1. The van der Waals surface area contributed by atoms with E-state index in [0.717, 1.165) is 4.90 Å². The van der Waals surface area contributed by atoms with E-state index in [4.69, 9.17) is 14.5 Å². The molecule has 3 heterocycles. The SMILES string of the molecule is C=C1CCC(=O)N1OC(=O)CN(CC(=O)ON1C(=O)CCC1=O)CC(=O)ON1C(=O)CCC1=O. The molecule has 15 heteroatoms. The van der Waals surface area contributed by atoms with E-state index in [9.17, 15) is 38.4 Å². The summed E-state index contributed by atoms with van der Waals surface area (Å²) in [6, 6.07) is 0. The van der Waals surface area contributed by atoms with Crippen molar-refractivity contribution in [3.05, 3.63) is 12.3 Å². The summed E-state index contributed by atoms with van der Waals surface area (Å²) >= 11 is 0. The summed E-state index contributed by atoms with van der Waals surface area (Å²) in [5.74, 6) is -6.85. The summed E-state index contributed by atoms with van der Waals surface area (Å²) in [6.07, 6.45) is -0.186. The molecule has 3 rings (SSSR count). The maximum absolute atomic E-state index is 12.3. The van der Waals surface area contributed by atoms with Crippen LogP contribution in [0.5, 0.6) is 0 Å². The van der Waals surface area contributed by atoms with Crippen LogP contribution in [0.3, 0.4) is 0 Å². The average molecular weight is 480 g/mol. The maximum Gasteiger partial charge on any atom is 0.347 e. The van der Waals surface area contributed by atoms with Crippen LogP contribution >= 0.6 is 0 Å². The standard InChI is InChI=1S/C19H20N4O11/c1-11-2-3-12(24)21(11)32-17(29)8-20(9-18(30)33-22-13(25)4-5-14(22)26)10-19(31)34-23-15(27)6-7-16(23)28/h1-10H2. The lowest BCUT2D eigenvalue weighted by molar-refractivity contribution is -0.202. The number of rotatable bonds is 9. The highest BCUT2D eigenvalue weighted by molar-refractivity contribution is 6.02. The van der Waals surface area contributed by atoms with Crippen molar-refractivity contribution < 1.29 is 52.9 Å². The highest BCUT2D eigenvalue weighted by Gasteiger charge is 2.36. The van der Waals surface area contributed by atoms with E-state index in [1.807, 2.05) is 0 Å². The van der Waals surface area contributed by atoms with Gasteiger partial charge in [0.15, 0.2) is 0 Å². The Kier molecular flexibility index (Phi) is 7.35. The van der Waals surface area contributed by atoms with E-state index < -0.39 is 67.1 Å². The van der Waals surface area contributed by atoms with Crippen LogP contribution < -0.4 is 0 Å². The van der Waals surface area contributed by atoms with Gasteiger partial charge in [0.1, 0.15) is 19.6 Å². The molecule has 0 aliphatic carbocycles. The smallest absolute Gasteiger partial charge is 0.332 e. The lowest BCUT2D eigenvalue weighted by Crippen LogP contribution is -2.44. The van der Waals surface area contributed by atoms with Crippen molar-refractivity contribution in [1.82, 2.24) is 20.1 Å². The Bertz CT molecular complexity index is 819. The van der Waals surface area contributed by atoms with Crippen molar-refractivity contribution >= 4 is 47.4 Å². The van der Waals surface area contributed by atoms with Crippen LogP contribution in [0.2, 0.25) is 0 Å². The molecule has 0 spiro atoms. The van der Waals surface area contributed by atoms with Crippen LogP contribution in [0.25, 0.3) is 0 Å². The van der Waals surface area contributed by atoms with Gasteiger partial charge in [-0.25, -0.2) is 14.4 Å². The van der Waals surface area contributed by atoms with Crippen molar-refractivity contribution in [2.75, 3.05) is 19.6 Å². The normalized spacial score (nSPS) is 18.4. The molecule has 0 N–H and O–H groups in total. The van der Waals surface area contributed by atoms with Crippen LogP contribution in [0.1, 0.15) is 38.5 Å². The molecule has 0 aromatic heterocycles. The molecule has 3 aliphatic heterocycles. The van der Waals surface area contributed by atoms with Crippen LogP contribution in [-0.2, 0) is 52.9 Å². The third-order valence-corrected chi connectivity index (χ3v) is 4.79. The van der Waals surface area contributed by atoms with Gasteiger partial charge in [-0.05, 0) is 6.42 Å². The van der Waals surface area contributed by atoms with Gasteiger partial charge in [-0.1, -0.05) is 6.58 Å². The summed E-state index contributed by atoms with van der Waals surface area (Å²) in [6.45, 7) is 1.25. The number of imide groups is 2. The number of hydroxylamine groups is 6. The van der Waals surface area contributed by atoms with Crippen molar-refractivity contribution in [2.24, 2.45) is 0 Å². The predicted octanol–water partition coefficient (Wildman–Crippen LogP) is -1.90. The van der Waals surface area contributed by atoms with E-state index in [0.29, 0.717) is 5.06 Å². The number of amides is 5. The van der Waals surface area contributed by atoms with Gasteiger partial charge >= 0.3 is 17.9 Å². The first-order valence-corrected chi connectivity index (χ1v) is 10.1. The molecule has 0 radical (unpaired) electrons. The third kappa shape index (κ3) is 5.80. The molecule has 3 aliphatic rings. The minimum atomic E-state index is -1.17. The quantitative estimate of drug-likeness (QED) is 0.335. The Morgan fingerprint density at radius 3 is 1.21 bits per heavy atom. The maximum atomic E-state index is 12.3. The van der Waals surface area contributed by atoms with Crippen molar-refractivity contribution in [3.8, 4) is 0 Å². The largest absolute Gasteiger partial charge is 0.347 e. The molecule has 5 amide bonds. The monoisotopic (exact) mass is 480 g/mol. The Hall–Kier alpha value is -4.14. The second-order valence-electron chi connectivity index (χ2n) is 7.45. The first kappa shape index (κ1) is 24.5. The average Bonchev–Trinajstić information content (AvgIpc) is 3.36. The molecule has 182 valence electrons. The van der Waals surface area contributed by atoms with Gasteiger partial charge in [0, 0.05) is 32.1 Å². The van der Waals surface area contributed by atoms with Gasteiger partial charge in [-0.15, -0.1) is 15.2 Å². The molecule has 0 atom stereocenters. The van der Waals surface area contributed by atoms with E-state index in [1.165, 1.54) is 0 Å². The van der Waals surface area contributed by atoms with Gasteiger partial charge in [0.2, 0.25) is 0 Å². The minimum Gasteiger partial charge on any atom is -0.332 e. The number of carbonyl (C=O) groups excluding carboxylic acids is 8. The van der Waals surface area contributed by atoms with Crippen molar-refractivity contribution in [1.29, 1.82) is 0 Å². The lowest BCUT2D eigenvalue weighted by atomic mass is 10.3. The molecule has 0 bridgehead atoms. The van der Waals surface area contributed by atoms with Crippen molar-refractivity contribution in [2.45, 2.75) is 38.5 Å². The number of carbonyl (C=O) groups is 8. The van der Waals surface area contributed by atoms with E-state index in [2.05, 4.69) is 6.58 Å². The molecule has 0 unspecified atom stereocenters. The predicted molar refractivity (Wildman–Crippen MR) is 102 cm³/mol. The Morgan fingerprint density at radius 1 is 0.588 bits per heavy atom. The van der Waals surface area contributed by atoms with E-state index in [1.54, 1.807) is 0 Å². The van der Waals surface area contributed by atoms with E-state index >= 15 is 0 Å². The van der Waals surface area contributed by atoms with E-state index in [-0.39, 0.29) is 54.3 Å². The summed E-state index contributed by atoms with van der Waals surface area (Å²) in [5.41, 5.74) is 0.237. The number of hydrogen-bond donors (Lipinski definition) is 0. The number of hydrogen-bond acceptors (Lipinski definition) is 12. The molecule has 0 aromatic rings. The molecule has 0 saturated carbocycles. The lowest BCUT2D eigenvalue weighted by Gasteiger charge is -2.23. The van der Waals surface area contributed by atoms with Gasteiger partial charge in [0.25, 0.3) is 29.5 Å². The molecular weight excluding hydrogens is 460 g/mol. The highest BCUT2D eigenvalue weighted by atomic mass is 16.7. The van der Waals surface area contributed by atoms with Crippen LogP contribution in [-0.4, -0.2) is 87.2 Å². The van der Waals surface area contributed by atoms with Crippen LogP contribution in [0.4, 0.5) is 0 Å². The summed E-state index contributed by atoms with van der Waals surface area (Å²) in [5, 5.41) is 1.26. The highest BCUT2D eigenvalue weighted by Crippen LogP contribution is 2.21. The Balaban J connectivity index is 1.63. The van der Waals surface area contributed by atoms with Gasteiger partial charge in [-0.2, -0.15) is 0 Å². The zero-order valence-corrected chi connectivity index (χ0v) is 17.9. The summed E-state index contributed by atoms with van der Waals surface area (Å²) in [7, 11) is 0. The summed E-state index contributed by atoms with van der Waals surface area (Å²) < 4.78 is 0. The zero-order chi connectivity index (χ0) is 25.0. The second kappa shape index (κ2) is 10.2. The van der Waals surface area contributed by atoms with Crippen LogP contribution in [0.15, 0.2) is 12.3 Å². The van der Waals surface area contributed by atoms with Crippen LogP contribution in [0, 0.1) is 0 Å². The van der Waals surface area contributed by atoms with Gasteiger partial charge in [0.05, 0.1) is 5.70 Å². The molecule has 15 nitrogen and oxygen atoms in total. The number of allylic oxidation sites excluding steroid dienone is 1. The number of nitrogens with zero attached hydrogens (tertiary/aromatic N) is 4. The zero-order valence-electron chi connectivity index (χ0n) is 17.9. The Labute approximate surface area is 191 Å². The third-order valence-electron chi connectivity index (χ3n) is 4.79. The summed E-state index contributed by atoms with van der Waals surface area (Å²) in [4.78, 5) is 110. The molecule has 0 aromatic carbocycles. The molecule has 34 heavy (non-hydrogen) atoms. The molecule has 3 fully saturated rings. The fourth-order valence-corrected chi connectivity index (χ4v) is 3.17. The topological polar surface area (TPSA) is 177 Å². The van der Waals surface area contributed by atoms with Gasteiger partial charge < -0.3 is 14.5 Å². The Morgan fingerprint density at radius 2 is 0.882 bits per heavy atom. The minimum absolute atomic E-state index is 0.0876. The second-order valence-corrected chi connectivity index (χ2v) is 7.45. The fraction of sp³-hybridized carbons (Fsp3) is 0.474. The fourth-order valence-electron chi connectivity index (χ4n) is 3.17. The van der Waals surface area contributed by atoms with Gasteiger partial charge in [-0.3, -0.25) is 28.9 Å². The first-order chi connectivity index (χ1) is 16.0. The van der Waals surface area contributed by atoms with Crippen molar-refractivity contribution in [3.63, 3.8) is 0 Å².